The number of hydrogen-bond donors (Lipinski definition) is 1. The van der Waals surface area contributed by atoms with Crippen molar-refractivity contribution in [3.63, 3.8) is 0 Å². The largest absolute Gasteiger partial charge is 0.481 e. The summed E-state index contributed by atoms with van der Waals surface area (Å²) in [7, 11) is 0. The van der Waals surface area contributed by atoms with Gasteiger partial charge in [-0.2, -0.15) is 0 Å². The first kappa shape index (κ1) is 11.4. The fraction of sp³-hybridized carbons (Fsp3) is 0.833. The lowest BCUT2D eigenvalue weighted by molar-refractivity contribution is -0.149. The third-order valence-electron chi connectivity index (χ3n) is 4.11. The second-order valence-corrected chi connectivity index (χ2v) is 5.07. The van der Waals surface area contributed by atoms with Crippen LogP contribution in [0.15, 0.2) is 0 Å². The number of aliphatic carboxylic acids is 1. The van der Waals surface area contributed by atoms with Crippen molar-refractivity contribution >= 4 is 11.9 Å². The molecule has 2 atom stereocenters. The first-order valence-electron chi connectivity index (χ1n) is 6.11. The van der Waals surface area contributed by atoms with Gasteiger partial charge in [0.1, 0.15) is 0 Å². The van der Waals surface area contributed by atoms with Crippen LogP contribution >= 0.6 is 0 Å². The van der Waals surface area contributed by atoms with Gasteiger partial charge in [0.15, 0.2) is 0 Å². The summed E-state index contributed by atoms with van der Waals surface area (Å²) in [6.07, 6.45) is 4.07. The van der Waals surface area contributed by atoms with Crippen LogP contribution in [0.25, 0.3) is 0 Å². The number of amides is 1. The van der Waals surface area contributed by atoms with Gasteiger partial charge in [0.2, 0.25) is 5.91 Å². The number of likely N-dealkylation sites (tertiary alicyclic amines) is 1. The first-order chi connectivity index (χ1) is 7.60. The van der Waals surface area contributed by atoms with Crippen molar-refractivity contribution in [2.24, 2.45) is 11.3 Å². The lowest BCUT2D eigenvalue weighted by Crippen LogP contribution is -2.37. The van der Waals surface area contributed by atoms with Crippen LogP contribution in [0.2, 0.25) is 0 Å². The van der Waals surface area contributed by atoms with Crippen LogP contribution in [0.1, 0.15) is 39.0 Å². The number of carbonyl (C=O) groups excluding carboxylic acids is 1. The maximum atomic E-state index is 11.8. The number of rotatable bonds is 3. The summed E-state index contributed by atoms with van der Waals surface area (Å²) in [6.45, 7) is 3.07. The van der Waals surface area contributed by atoms with E-state index in [-0.39, 0.29) is 11.8 Å². The minimum absolute atomic E-state index is 0.123. The molecule has 0 aromatic rings. The molecule has 2 aliphatic rings. The van der Waals surface area contributed by atoms with Gasteiger partial charge in [0.25, 0.3) is 0 Å². The summed E-state index contributed by atoms with van der Waals surface area (Å²) in [5, 5.41) is 9.37. The highest BCUT2D eigenvalue weighted by Crippen LogP contribution is 2.48. The standard InChI is InChI=1S/C12H19NO3/c1-2-4-10(14)13-7-9-5-3-6-12(9,8-13)11(15)16/h9H,2-8H2,1H3,(H,15,16)/t9-,12+/m0/s1. The number of nitrogens with zero attached hydrogens (tertiary/aromatic N) is 1. The van der Waals surface area contributed by atoms with Gasteiger partial charge < -0.3 is 10.0 Å². The van der Waals surface area contributed by atoms with Crippen molar-refractivity contribution in [3.05, 3.63) is 0 Å². The maximum Gasteiger partial charge on any atom is 0.311 e. The molecule has 90 valence electrons. The van der Waals surface area contributed by atoms with E-state index in [2.05, 4.69) is 0 Å². The van der Waals surface area contributed by atoms with E-state index in [1.54, 1.807) is 4.90 Å². The van der Waals surface area contributed by atoms with E-state index in [1.807, 2.05) is 6.92 Å². The van der Waals surface area contributed by atoms with Gasteiger partial charge in [-0.05, 0) is 25.2 Å². The SMILES string of the molecule is CCCC(=O)N1C[C@@H]2CCC[C@@]2(C(=O)O)C1. The predicted octanol–water partition coefficient (Wildman–Crippen LogP) is 1.50. The molecule has 1 aliphatic carbocycles. The van der Waals surface area contributed by atoms with Gasteiger partial charge >= 0.3 is 5.97 Å². The molecule has 1 heterocycles. The third kappa shape index (κ3) is 1.60. The minimum atomic E-state index is -0.707. The number of carboxylic acids is 1. The normalized spacial score (nSPS) is 32.8. The highest BCUT2D eigenvalue weighted by Gasteiger charge is 2.55. The average molecular weight is 225 g/mol. The molecular weight excluding hydrogens is 206 g/mol. The Hall–Kier alpha value is -1.06. The monoisotopic (exact) mass is 225 g/mol. The van der Waals surface area contributed by atoms with E-state index in [0.29, 0.717) is 19.5 Å². The van der Waals surface area contributed by atoms with Crippen LogP contribution in [0.3, 0.4) is 0 Å². The molecule has 0 aromatic carbocycles. The molecule has 0 aromatic heterocycles. The molecule has 1 N–H and O–H groups in total. The van der Waals surface area contributed by atoms with Gasteiger partial charge in [-0.25, -0.2) is 0 Å². The molecule has 0 unspecified atom stereocenters. The van der Waals surface area contributed by atoms with Crippen LogP contribution in [-0.4, -0.2) is 35.0 Å². The molecule has 4 heteroatoms. The van der Waals surface area contributed by atoms with Gasteiger partial charge in [-0.1, -0.05) is 13.3 Å². The average Bonchev–Trinajstić information content (AvgIpc) is 2.73. The van der Waals surface area contributed by atoms with Crippen LogP contribution in [0.5, 0.6) is 0 Å². The zero-order valence-corrected chi connectivity index (χ0v) is 9.74. The van der Waals surface area contributed by atoms with Gasteiger partial charge in [-0.15, -0.1) is 0 Å². The molecule has 2 rings (SSSR count). The predicted molar refractivity (Wildman–Crippen MR) is 58.9 cm³/mol. The smallest absolute Gasteiger partial charge is 0.311 e. The Bertz CT molecular complexity index is 315. The molecule has 1 amide bonds. The Morgan fingerprint density at radius 3 is 2.81 bits per heavy atom. The third-order valence-corrected chi connectivity index (χ3v) is 4.11. The molecule has 16 heavy (non-hydrogen) atoms. The second-order valence-electron chi connectivity index (χ2n) is 5.07. The number of carboxylic acid groups (broad SMARTS) is 1. The van der Waals surface area contributed by atoms with E-state index < -0.39 is 11.4 Å². The van der Waals surface area contributed by atoms with Gasteiger partial charge in [0, 0.05) is 19.5 Å². The quantitative estimate of drug-likeness (QED) is 0.791. The van der Waals surface area contributed by atoms with Crippen molar-refractivity contribution in [1.29, 1.82) is 0 Å². The zero-order valence-electron chi connectivity index (χ0n) is 9.74. The van der Waals surface area contributed by atoms with Crippen molar-refractivity contribution < 1.29 is 14.7 Å². The molecule has 1 saturated carbocycles. The van der Waals surface area contributed by atoms with E-state index in [1.165, 1.54) is 0 Å². The van der Waals surface area contributed by atoms with Crippen molar-refractivity contribution in [1.82, 2.24) is 4.90 Å². The topological polar surface area (TPSA) is 57.6 Å². The van der Waals surface area contributed by atoms with Gasteiger partial charge in [-0.3, -0.25) is 9.59 Å². The van der Waals surface area contributed by atoms with Crippen LogP contribution in [0, 0.1) is 11.3 Å². The fourth-order valence-electron chi connectivity index (χ4n) is 3.20. The molecule has 1 saturated heterocycles. The molecular formula is C12H19NO3. The van der Waals surface area contributed by atoms with Gasteiger partial charge in [0.05, 0.1) is 5.41 Å². The molecule has 0 radical (unpaired) electrons. The van der Waals surface area contributed by atoms with Crippen LogP contribution < -0.4 is 0 Å². The Morgan fingerprint density at radius 1 is 1.50 bits per heavy atom. The molecule has 0 spiro atoms. The molecule has 1 aliphatic heterocycles. The first-order valence-corrected chi connectivity index (χ1v) is 6.11. The van der Waals surface area contributed by atoms with Crippen molar-refractivity contribution in [2.45, 2.75) is 39.0 Å². The summed E-state index contributed by atoms with van der Waals surface area (Å²) in [5.41, 5.74) is -0.622. The lowest BCUT2D eigenvalue weighted by Gasteiger charge is -2.23. The maximum absolute atomic E-state index is 11.8. The number of carbonyl (C=O) groups is 2. The lowest BCUT2D eigenvalue weighted by atomic mass is 9.81. The summed E-state index contributed by atoms with van der Waals surface area (Å²) < 4.78 is 0. The Kier molecular flexibility index (Phi) is 2.91. The van der Waals surface area contributed by atoms with E-state index in [9.17, 15) is 14.7 Å². The molecule has 2 fully saturated rings. The van der Waals surface area contributed by atoms with E-state index in [4.69, 9.17) is 0 Å². The Labute approximate surface area is 95.6 Å². The molecule has 4 nitrogen and oxygen atoms in total. The van der Waals surface area contributed by atoms with Crippen molar-refractivity contribution in [3.8, 4) is 0 Å². The summed E-state index contributed by atoms with van der Waals surface area (Å²) >= 11 is 0. The number of fused-ring (bicyclic) bond motifs is 1. The highest BCUT2D eigenvalue weighted by molar-refractivity contribution is 5.81. The highest BCUT2D eigenvalue weighted by atomic mass is 16.4. The summed E-state index contributed by atoms with van der Waals surface area (Å²) in [4.78, 5) is 24.9. The Balaban J connectivity index is 2.10. The minimum Gasteiger partial charge on any atom is -0.481 e. The molecule has 0 bridgehead atoms. The summed E-state index contributed by atoms with van der Waals surface area (Å²) in [5.74, 6) is -0.398. The van der Waals surface area contributed by atoms with E-state index >= 15 is 0 Å². The van der Waals surface area contributed by atoms with Crippen LogP contribution in [0.4, 0.5) is 0 Å². The van der Waals surface area contributed by atoms with Crippen LogP contribution in [-0.2, 0) is 9.59 Å². The van der Waals surface area contributed by atoms with E-state index in [0.717, 1.165) is 25.7 Å². The zero-order chi connectivity index (χ0) is 11.8. The fourth-order valence-corrected chi connectivity index (χ4v) is 3.20. The Morgan fingerprint density at radius 2 is 2.25 bits per heavy atom. The summed E-state index contributed by atoms with van der Waals surface area (Å²) in [6, 6.07) is 0. The van der Waals surface area contributed by atoms with Crippen molar-refractivity contribution in [2.75, 3.05) is 13.1 Å². The number of hydrogen-bond acceptors (Lipinski definition) is 2. The second kappa shape index (κ2) is 4.07.